The Bertz CT molecular complexity index is 1180. The first-order chi connectivity index (χ1) is 15.3. The highest BCUT2D eigenvalue weighted by molar-refractivity contribution is 7.76. The second kappa shape index (κ2) is 10.7. The zero-order chi connectivity index (χ0) is 23.3. The first kappa shape index (κ1) is 24.5. The molecule has 0 spiro atoms. The van der Waals surface area contributed by atoms with Crippen molar-refractivity contribution in [2.24, 2.45) is 0 Å². The molecule has 0 amide bonds. The maximum absolute atomic E-state index is 9.14. The van der Waals surface area contributed by atoms with Crippen molar-refractivity contribution < 1.29 is 14.7 Å². The van der Waals surface area contributed by atoms with Crippen molar-refractivity contribution in [3.05, 3.63) is 66.7 Å². The quantitative estimate of drug-likeness (QED) is 0.145. The number of hydrogen-bond donors (Lipinski definition) is 2. The third kappa shape index (κ3) is 5.09. The van der Waals surface area contributed by atoms with Crippen LogP contribution in [0.2, 0.25) is 0 Å². The van der Waals surface area contributed by atoms with Crippen LogP contribution in [0.3, 0.4) is 0 Å². The van der Waals surface area contributed by atoms with Gasteiger partial charge in [0.05, 0.1) is 24.1 Å². The minimum Gasteiger partial charge on any atom is -0.511 e. The Morgan fingerprint density at radius 1 is 0.750 bits per heavy atom. The van der Waals surface area contributed by atoms with Gasteiger partial charge in [0, 0.05) is 12.6 Å². The molecule has 0 bridgehead atoms. The van der Waals surface area contributed by atoms with E-state index in [1.165, 1.54) is 23.9 Å². The van der Waals surface area contributed by atoms with Crippen molar-refractivity contribution in [3.63, 3.8) is 0 Å². The topological polar surface area (TPSA) is 49.7 Å². The highest BCUT2D eigenvalue weighted by Gasteiger charge is 2.34. The van der Waals surface area contributed by atoms with E-state index in [-0.39, 0.29) is 0 Å². The molecule has 32 heavy (non-hydrogen) atoms. The first-order valence-electron chi connectivity index (χ1n) is 11.6. The highest BCUT2D eigenvalue weighted by atomic mass is 31.2. The monoisotopic (exact) mass is 449 g/mol. The molecule has 4 rings (SSSR count). The molecule has 0 saturated carbocycles. The van der Waals surface area contributed by atoms with Crippen LogP contribution in [0.15, 0.2) is 66.7 Å². The Morgan fingerprint density at radius 2 is 1.31 bits per heavy atom. The second-order valence-corrected chi connectivity index (χ2v) is 13.9. The van der Waals surface area contributed by atoms with Crippen molar-refractivity contribution >= 4 is 46.9 Å². The molecular formula is C27H35BO3P+. The summed E-state index contributed by atoms with van der Waals surface area (Å²) in [6.45, 7) is 11.9. The summed E-state index contributed by atoms with van der Waals surface area (Å²) in [6, 6.07) is 22.1. The third-order valence-electron chi connectivity index (χ3n) is 6.91. The minimum absolute atomic E-state index is 0.466. The standard InChI is InChI=1S/C18H13BO3.C9H22P/c20-19(21)22-17-7-3-6-12-8-9-15-10-13-4-1-2-5-14(13)11-16(15)18(12)17;1-6-10(7-2,8-3)9(4)5/h1-11,20-21H;9H,6-8H2,1-5H3/q;+1. The van der Waals surface area contributed by atoms with Crippen molar-refractivity contribution in [1.29, 1.82) is 0 Å². The van der Waals surface area contributed by atoms with E-state index in [4.69, 9.17) is 14.7 Å². The lowest BCUT2D eigenvalue weighted by Crippen LogP contribution is -2.20. The number of fused-ring (bicyclic) bond motifs is 4. The van der Waals surface area contributed by atoms with E-state index in [0.717, 1.165) is 32.6 Å². The highest BCUT2D eigenvalue weighted by Crippen LogP contribution is 2.61. The van der Waals surface area contributed by atoms with Gasteiger partial charge in [-0.15, -0.1) is 0 Å². The molecule has 2 N–H and O–H groups in total. The van der Waals surface area contributed by atoms with Crippen LogP contribution in [0.4, 0.5) is 0 Å². The lowest BCUT2D eigenvalue weighted by atomic mass is 9.97. The molecule has 0 unspecified atom stereocenters. The van der Waals surface area contributed by atoms with Crippen molar-refractivity contribution in [2.45, 2.75) is 40.3 Å². The normalized spacial score (nSPS) is 11.6. The molecule has 5 heteroatoms. The fourth-order valence-electron chi connectivity index (χ4n) is 4.75. The molecule has 0 atom stereocenters. The van der Waals surface area contributed by atoms with E-state index in [0.29, 0.717) is 5.75 Å². The molecule has 0 aliphatic carbocycles. The van der Waals surface area contributed by atoms with Crippen molar-refractivity contribution in [1.82, 2.24) is 0 Å². The summed E-state index contributed by atoms with van der Waals surface area (Å²) in [5, 5.41) is 24.6. The largest absolute Gasteiger partial charge is 0.707 e. The molecule has 0 aromatic heterocycles. The number of hydrogen-bond acceptors (Lipinski definition) is 3. The average Bonchev–Trinajstić information content (AvgIpc) is 2.79. The van der Waals surface area contributed by atoms with Gasteiger partial charge in [0.15, 0.2) is 0 Å². The van der Waals surface area contributed by atoms with Crippen LogP contribution in [0.25, 0.3) is 32.3 Å². The van der Waals surface area contributed by atoms with E-state index in [9.17, 15) is 0 Å². The van der Waals surface area contributed by atoms with Gasteiger partial charge in [0.2, 0.25) is 0 Å². The molecule has 3 nitrogen and oxygen atoms in total. The van der Waals surface area contributed by atoms with Crippen LogP contribution in [-0.4, -0.2) is 41.5 Å². The summed E-state index contributed by atoms with van der Waals surface area (Å²) in [5.41, 5.74) is 0.951. The second-order valence-electron chi connectivity index (χ2n) is 8.55. The SMILES string of the molecule is CC[P+](CC)(CC)C(C)C.OB(O)Oc1cccc2ccc3cc4ccccc4cc3c12. The Morgan fingerprint density at radius 3 is 1.84 bits per heavy atom. The Hall–Kier alpha value is -2.13. The van der Waals surface area contributed by atoms with Gasteiger partial charge in [-0.05, 0) is 79.7 Å². The smallest absolute Gasteiger partial charge is 0.511 e. The van der Waals surface area contributed by atoms with Crippen molar-refractivity contribution in [2.75, 3.05) is 18.5 Å². The van der Waals surface area contributed by atoms with E-state index < -0.39 is 14.6 Å². The van der Waals surface area contributed by atoms with E-state index in [1.54, 1.807) is 6.07 Å². The zero-order valence-electron chi connectivity index (χ0n) is 19.9. The third-order valence-corrected chi connectivity index (χ3v) is 12.9. The maximum Gasteiger partial charge on any atom is 0.707 e. The Kier molecular flexibility index (Phi) is 8.17. The zero-order valence-corrected chi connectivity index (χ0v) is 20.8. The van der Waals surface area contributed by atoms with Gasteiger partial charge in [-0.3, -0.25) is 0 Å². The molecule has 0 aliphatic rings. The summed E-state index contributed by atoms with van der Waals surface area (Å²) in [4.78, 5) is 0. The molecule has 0 saturated heterocycles. The predicted molar refractivity (Wildman–Crippen MR) is 143 cm³/mol. The molecule has 168 valence electrons. The summed E-state index contributed by atoms with van der Waals surface area (Å²) in [6.07, 6.45) is 4.33. The number of benzene rings is 4. The Balaban J connectivity index is 0.000000247. The fourth-order valence-corrected chi connectivity index (χ4v) is 8.28. The van der Waals surface area contributed by atoms with Crippen molar-refractivity contribution in [3.8, 4) is 5.75 Å². The summed E-state index contributed by atoms with van der Waals surface area (Å²) in [7, 11) is -2.34. The molecule has 0 heterocycles. The molecule has 0 aliphatic heterocycles. The lowest BCUT2D eigenvalue weighted by Gasteiger charge is -2.27. The van der Waals surface area contributed by atoms with E-state index in [1.807, 2.05) is 30.3 Å². The van der Waals surface area contributed by atoms with Gasteiger partial charge in [0.1, 0.15) is 5.75 Å². The molecule has 0 radical (unpaired) electrons. The molecule has 4 aromatic rings. The van der Waals surface area contributed by atoms with Crippen LogP contribution in [0.1, 0.15) is 34.6 Å². The van der Waals surface area contributed by atoms with E-state index in [2.05, 4.69) is 65.0 Å². The van der Waals surface area contributed by atoms with Gasteiger partial charge >= 0.3 is 7.32 Å². The lowest BCUT2D eigenvalue weighted by molar-refractivity contribution is 0.289. The molecule has 4 aromatic carbocycles. The predicted octanol–water partition coefficient (Wildman–Crippen LogP) is 6.97. The number of rotatable bonds is 6. The summed E-state index contributed by atoms with van der Waals surface area (Å²) >= 11 is 0. The first-order valence-corrected chi connectivity index (χ1v) is 14.0. The minimum atomic E-state index is -1.83. The summed E-state index contributed by atoms with van der Waals surface area (Å²) in [5.74, 6) is 0.466. The fraction of sp³-hybridized carbons (Fsp3) is 0.333. The van der Waals surface area contributed by atoms with Crippen LogP contribution < -0.4 is 4.65 Å². The van der Waals surface area contributed by atoms with E-state index >= 15 is 0 Å². The molecular weight excluding hydrogens is 414 g/mol. The average molecular weight is 449 g/mol. The van der Waals surface area contributed by atoms with Gasteiger partial charge in [0.25, 0.3) is 0 Å². The van der Waals surface area contributed by atoms with Crippen LogP contribution in [0, 0.1) is 0 Å². The van der Waals surface area contributed by atoms with Gasteiger partial charge in [-0.2, -0.15) is 0 Å². The van der Waals surface area contributed by atoms with Crippen LogP contribution >= 0.6 is 7.26 Å². The molecule has 0 fully saturated rings. The maximum atomic E-state index is 9.14. The van der Waals surface area contributed by atoms with Crippen LogP contribution in [0.5, 0.6) is 5.75 Å². The Labute approximate surface area is 192 Å². The van der Waals surface area contributed by atoms with Crippen LogP contribution in [-0.2, 0) is 0 Å². The van der Waals surface area contributed by atoms with Gasteiger partial charge in [-0.25, -0.2) is 0 Å². The van der Waals surface area contributed by atoms with Gasteiger partial charge in [-0.1, -0.05) is 48.5 Å². The summed E-state index contributed by atoms with van der Waals surface area (Å²) < 4.78 is 5.16. The van der Waals surface area contributed by atoms with Gasteiger partial charge < -0.3 is 14.7 Å².